The van der Waals surface area contributed by atoms with Crippen molar-refractivity contribution in [3.63, 3.8) is 0 Å². The molecule has 5 atom stereocenters. The lowest BCUT2D eigenvalue weighted by Crippen LogP contribution is -2.60. The normalized spacial score (nSPS) is 33.8. The fourth-order valence-corrected chi connectivity index (χ4v) is 1.89. The molecule has 0 saturated carbocycles. The van der Waals surface area contributed by atoms with Gasteiger partial charge in [0.15, 0.2) is 5.75 Å². The predicted octanol–water partition coefficient (Wildman–Crippen LogP) is -1.73. The van der Waals surface area contributed by atoms with Crippen LogP contribution in [0.15, 0.2) is 18.3 Å². The SMILES string of the molecule is COc1cccnc1O[C@@H]1O[C@H](CO)[C@@H](O)[C@H](O)[C@H]1O. The zero-order valence-electron chi connectivity index (χ0n) is 10.8. The fraction of sp³-hybridized carbons (Fsp3) is 0.583. The van der Waals surface area contributed by atoms with Crippen LogP contribution in [0, 0.1) is 0 Å². The molecule has 1 aromatic rings. The van der Waals surface area contributed by atoms with Gasteiger partial charge in [0.1, 0.15) is 24.4 Å². The van der Waals surface area contributed by atoms with Crippen molar-refractivity contribution in [3.8, 4) is 11.6 Å². The number of aliphatic hydroxyl groups excluding tert-OH is 4. The molecule has 20 heavy (non-hydrogen) atoms. The van der Waals surface area contributed by atoms with E-state index in [1.54, 1.807) is 12.1 Å². The lowest BCUT2D eigenvalue weighted by Gasteiger charge is -2.39. The number of methoxy groups -OCH3 is 1. The van der Waals surface area contributed by atoms with Gasteiger partial charge < -0.3 is 34.6 Å². The van der Waals surface area contributed by atoms with Crippen molar-refractivity contribution in [1.82, 2.24) is 4.98 Å². The van der Waals surface area contributed by atoms with Gasteiger partial charge >= 0.3 is 0 Å². The molecule has 8 nitrogen and oxygen atoms in total. The minimum Gasteiger partial charge on any atom is -0.491 e. The van der Waals surface area contributed by atoms with Crippen LogP contribution in [0.2, 0.25) is 0 Å². The van der Waals surface area contributed by atoms with Crippen molar-refractivity contribution >= 4 is 0 Å². The number of aromatic nitrogens is 1. The number of hydrogen-bond acceptors (Lipinski definition) is 8. The maximum atomic E-state index is 9.84. The van der Waals surface area contributed by atoms with Crippen molar-refractivity contribution in [1.29, 1.82) is 0 Å². The summed E-state index contributed by atoms with van der Waals surface area (Å²) >= 11 is 0. The average molecular weight is 287 g/mol. The van der Waals surface area contributed by atoms with Crippen LogP contribution in [0.1, 0.15) is 0 Å². The Bertz CT molecular complexity index is 442. The Kier molecular flexibility index (Phi) is 4.73. The standard InChI is InChI=1S/C12H17NO7/c1-18-6-3-2-4-13-11(6)20-12-10(17)9(16)8(15)7(5-14)19-12/h2-4,7-10,12,14-17H,5H2,1H3/t7-,8-,9+,10-,12+/m1/s1. The molecule has 112 valence electrons. The Hall–Kier alpha value is -1.45. The number of aliphatic hydroxyl groups is 4. The van der Waals surface area contributed by atoms with Crippen LogP contribution in [0.4, 0.5) is 0 Å². The minimum atomic E-state index is -1.50. The Morgan fingerprint density at radius 3 is 2.65 bits per heavy atom. The molecule has 2 heterocycles. The summed E-state index contributed by atoms with van der Waals surface area (Å²) in [5.41, 5.74) is 0. The van der Waals surface area contributed by atoms with Crippen LogP contribution in [-0.4, -0.2) is 69.8 Å². The Labute approximate surface area is 115 Å². The summed E-state index contributed by atoms with van der Waals surface area (Å²) in [5, 5.41) is 38.2. The van der Waals surface area contributed by atoms with E-state index in [0.717, 1.165) is 0 Å². The van der Waals surface area contributed by atoms with E-state index in [2.05, 4.69) is 4.98 Å². The predicted molar refractivity (Wildman–Crippen MR) is 65.2 cm³/mol. The second-order valence-electron chi connectivity index (χ2n) is 4.33. The highest BCUT2D eigenvalue weighted by molar-refractivity contribution is 5.32. The molecule has 1 aromatic heterocycles. The summed E-state index contributed by atoms with van der Waals surface area (Å²) in [6, 6.07) is 3.24. The van der Waals surface area contributed by atoms with E-state index in [-0.39, 0.29) is 5.88 Å². The quantitative estimate of drug-likeness (QED) is 0.515. The molecular weight excluding hydrogens is 270 g/mol. The second-order valence-corrected chi connectivity index (χ2v) is 4.33. The fourth-order valence-electron chi connectivity index (χ4n) is 1.89. The van der Waals surface area contributed by atoms with E-state index in [1.165, 1.54) is 13.3 Å². The first-order valence-corrected chi connectivity index (χ1v) is 6.04. The molecule has 0 unspecified atom stereocenters. The summed E-state index contributed by atoms with van der Waals surface area (Å²) in [4.78, 5) is 3.93. The number of rotatable bonds is 4. The van der Waals surface area contributed by atoms with Crippen molar-refractivity contribution in [2.75, 3.05) is 13.7 Å². The molecule has 4 N–H and O–H groups in total. The zero-order chi connectivity index (χ0) is 14.7. The first kappa shape index (κ1) is 14.9. The highest BCUT2D eigenvalue weighted by Crippen LogP contribution is 2.28. The molecule has 2 rings (SSSR count). The number of hydrogen-bond donors (Lipinski definition) is 4. The van der Waals surface area contributed by atoms with Gasteiger partial charge in [-0.05, 0) is 12.1 Å². The van der Waals surface area contributed by atoms with Crippen LogP contribution in [0.5, 0.6) is 11.6 Å². The van der Waals surface area contributed by atoms with E-state index < -0.39 is 37.3 Å². The van der Waals surface area contributed by atoms with Gasteiger partial charge in [-0.25, -0.2) is 4.98 Å². The summed E-state index contributed by atoms with van der Waals surface area (Å²) in [6.07, 6.45) is -5.27. The molecule has 0 aromatic carbocycles. The summed E-state index contributed by atoms with van der Waals surface area (Å²) in [5.74, 6) is 0.392. The maximum Gasteiger partial charge on any atom is 0.259 e. The van der Waals surface area contributed by atoms with Crippen LogP contribution >= 0.6 is 0 Å². The van der Waals surface area contributed by atoms with Crippen molar-refractivity contribution in [2.24, 2.45) is 0 Å². The lowest BCUT2D eigenvalue weighted by atomic mass is 9.99. The molecule has 8 heteroatoms. The van der Waals surface area contributed by atoms with Gasteiger partial charge in [-0.2, -0.15) is 0 Å². The molecular formula is C12H17NO7. The van der Waals surface area contributed by atoms with Gasteiger partial charge in [-0.3, -0.25) is 0 Å². The van der Waals surface area contributed by atoms with E-state index in [1.807, 2.05) is 0 Å². The van der Waals surface area contributed by atoms with E-state index in [9.17, 15) is 15.3 Å². The van der Waals surface area contributed by atoms with Crippen molar-refractivity contribution < 1.29 is 34.6 Å². The van der Waals surface area contributed by atoms with Crippen molar-refractivity contribution in [2.45, 2.75) is 30.7 Å². The number of ether oxygens (including phenoxy) is 3. The molecule has 0 radical (unpaired) electrons. The monoisotopic (exact) mass is 287 g/mol. The maximum absolute atomic E-state index is 9.84. The summed E-state index contributed by atoms with van der Waals surface area (Å²) < 4.78 is 15.6. The largest absolute Gasteiger partial charge is 0.491 e. The molecule has 1 saturated heterocycles. The van der Waals surface area contributed by atoms with Crippen LogP contribution in [0.3, 0.4) is 0 Å². The zero-order valence-corrected chi connectivity index (χ0v) is 10.8. The second kappa shape index (κ2) is 6.33. The number of pyridine rings is 1. The Balaban J connectivity index is 2.15. The average Bonchev–Trinajstić information content (AvgIpc) is 2.48. The van der Waals surface area contributed by atoms with Gasteiger partial charge in [-0.15, -0.1) is 0 Å². The first-order valence-electron chi connectivity index (χ1n) is 6.04. The van der Waals surface area contributed by atoms with E-state index in [4.69, 9.17) is 19.3 Å². The van der Waals surface area contributed by atoms with Gasteiger partial charge in [0.05, 0.1) is 13.7 Å². The Morgan fingerprint density at radius 1 is 1.25 bits per heavy atom. The van der Waals surface area contributed by atoms with Gasteiger partial charge in [0.2, 0.25) is 6.29 Å². The molecule has 1 aliphatic rings. The molecule has 0 bridgehead atoms. The van der Waals surface area contributed by atoms with Crippen LogP contribution < -0.4 is 9.47 Å². The minimum absolute atomic E-state index is 0.0688. The van der Waals surface area contributed by atoms with Crippen molar-refractivity contribution in [3.05, 3.63) is 18.3 Å². The molecule has 0 spiro atoms. The third-order valence-electron chi connectivity index (χ3n) is 3.03. The van der Waals surface area contributed by atoms with Gasteiger partial charge in [-0.1, -0.05) is 0 Å². The molecule has 1 fully saturated rings. The van der Waals surface area contributed by atoms with E-state index in [0.29, 0.717) is 5.75 Å². The highest BCUT2D eigenvalue weighted by Gasteiger charge is 2.45. The summed E-state index contributed by atoms with van der Waals surface area (Å²) in [7, 11) is 1.43. The first-order chi connectivity index (χ1) is 9.58. The van der Waals surface area contributed by atoms with Crippen LogP contribution in [0.25, 0.3) is 0 Å². The number of nitrogens with zero attached hydrogens (tertiary/aromatic N) is 1. The third kappa shape index (κ3) is 2.84. The van der Waals surface area contributed by atoms with Crippen LogP contribution in [-0.2, 0) is 4.74 Å². The van der Waals surface area contributed by atoms with Gasteiger partial charge in [0.25, 0.3) is 5.88 Å². The lowest BCUT2D eigenvalue weighted by molar-refractivity contribution is -0.278. The summed E-state index contributed by atoms with van der Waals surface area (Å²) in [6.45, 7) is -0.524. The van der Waals surface area contributed by atoms with E-state index >= 15 is 0 Å². The van der Waals surface area contributed by atoms with Gasteiger partial charge in [0, 0.05) is 6.20 Å². The third-order valence-corrected chi connectivity index (χ3v) is 3.03. The molecule has 1 aliphatic heterocycles. The molecule has 0 aliphatic carbocycles. The molecule has 0 amide bonds. The smallest absolute Gasteiger partial charge is 0.259 e. The highest BCUT2D eigenvalue weighted by atomic mass is 16.7. The topological polar surface area (TPSA) is 122 Å². The Morgan fingerprint density at radius 2 is 2.00 bits per heavy atom.